The molecule has 2 N–H and O–H groups in total. The van der Waals surface area contributed by atoms with Gasteiger partial charge in [0, 0.05) is 13.0 Å². The minimum atomic E-state index is -0.836. The van der Waals surface area contributed by atoms with E-state index >= 15 is 0 Å². The van der Waals surface area contributed by atoms with Crippen LogP contribution in [-0.2, 0) is 30.3 Å². The average Bonchev–Trinajstić information content (AvgIpc) is 2.98. The third-order valence-corrected chi connectivity index (χ3v) is 7.86. The normalized spacial score (nSPS) is 13.7. The van der Waals surface area contributed by atoms with E-state index in [2.05, 4.69) is 47.9 Å². The first-order chi connectivity index (χ1) is 21.7. The molecule has 0 spiro atoms. The van der Waals surface area contributed by atoms with Gasteiger partial charge in [0.05, 0.1) is 19.1 Å². The van der Waals surface area contributed by atoms with Gasteiger partial charge in [0.1, 0.15) is 11.6 Å². The summed E-state index contributed by atoms with van der Waals surface area (Å²) >= 11 is 0. The number of amides is 2. The van der Waals surface area contributed by atoms with Crippen LogP contribution < -0.4 is 10.6 Å². The van der Waals surface area contributed by atoms with Crippen LogP contribution in [0.4, 0.5) is 0 Å². The van der Waals surface area contributed by atoms with Crippen molar-refractivity contribution in [3.8, 4) is 11.1 Å². The van der Waals surface area contributed by atoms with Gasteiger partial charge in [0.2, 0.25) is 11.8 Å². The van der Waals surface area contributed by atoms with Gasteiger partial charge in [-0.25, -0.2) is 0 Å². The Balaban J connectivity index is 1.75. The molecule has 0 bridgehead atoms. The Morgan fingerprint density at radius 2 is 1.43 bits per heavy atom. The van der Waals surface area contributed by atoms with Crippen LogP contribution in [0.5, 0.6) is 0 Å². The third kappa shape index (κ3) is 11.4. The quantitative estimate of drug-likeness (QED) is 0.182. The van der Waals surface area contributed by atoms with E-state index in [-0.39, 0.29) is 30.9 Å². The number of hydrogen-bond acceptors (Lipinski definition) is 5. The second-order valence-electron chi connectivity index (χ2n) is 14.1. The number of esters is 1. The highest BCUT2D eigenvalue weighted by atomic mass is 16.6. The molecule has 46 heavy (non-hydrogen) atoms. The first-order valence-corrected chi connectivity index (χ1v) is 16.2. The number of methoxy groups -OCH3 is 1. The summed E-state index contributed by atoms with van der Waals surface area (Å²) in [4.78, 5) is 40.5. The molecule has 0 aliphatic heterocycles. The lowest BCUT2D eigenvalue weighted by Crippen LogP contribution is -2.55. The predicted molar refractivity (Wildman–Crippen MR) is 184 cm³/mol. The van der Waals surface area contributed by atoms with Crippen molar-refractivity contribution in [1.82, 2.24) is 10.6 Å². The smallest absolute Gasteiger partial charge is 0.307 e. The van der Waals surface area contributed by atoms with Gasteiger partial charge in [-0.1, -0.05) is 99.6 Å². The number of carbonyl (C=O) groups excluding carboxylic acids is 3. The first-order valence-electron chi connectivity index (χ1n) is 16.2. The van der Waals surface area contributed by atoms with Gasteiger partial charge in [-0.05, 0) is 80.2 Å². The van der Waals surface area contributed by atoms with E-state index in [0.717, 1.165) is 12.0 Å². The molecule has 0 aliphatic rings. The van der Waals surface area contributed by atoms with Crippen molar-refractivity contribution in [1.29, 1.82) is 0 Å². The van der Waals surface area contributed by atoms with Crippen molar-refractivity contribution in [2.75, 3.05) is 13.7 Å². The molecule has 0 aliphatic carbocycles. The minimum absolute atomic E-state index is 0.0656. The van der Waals surface area contributed by atoms with Crippen LogP contribution in [0.15, 0.2) is 78.9 Å². The van der Waals surface area contributed by atoms with E-state index in [1.54, 1.807) is 7.11 Å². The van der Waals surface area contributed by atoms with Gasteiger partial charge < -0.3 is 20.1 Å². The maximum absolute atomic E-state index is 13.9. The molecule has 3 rings (SSSR count). The van der Waals surface area contributed by atoms with Gasteiger partial charge in [0.15, 0.2) is 0 Å². The van der Waals surface area contributed by atoms with Crippen LogP contribution in [0, 0.1) is 18.3 Å². The number of hydrogen-bond donors (Lipinski definition) is 2. The van der Waals surface area contributed by atoms with Crippen LogP contribution in [0.1, 0.15) is 83.5 Å². The molecule has 0 saturated carbocycles. The minimum Gasteiger partial charge on any atom is -0.460 e. The van der Waals surface area contributed by atoms with Gasteiger partial charge in [-0.2, -0.15) is 0 Å². The highest BCUT2D eigenvalue weighted by Gasteiger charge is 2.36. The maximum atomic E-state index is 13.9. The summed E-state index contributed by atoms with van der Waals surface area (Å²) in [6.45, 7) is 13.6. The molecule has 0 radical (unpaired) electrons. The number of aryl methyl sites for hydroxylation is 2. The number of benzene rings is 3. The number of ether oxygens (including phenoxy) is 2. The largest absolute Gasteiger partial charge is 0.460 e. The van der Waals surface area contributed by atoms with E-state index in [0.29, 0.717) is 12.8 Å². The SMILES string of the molecule is COCC(NC(=O)[C@@H](NC(=O)[C@H](CCCc1ccc(-c2ccccc2)c(C)c1)CC(=O)OC(C)(C)C)C(C)(C)C)c1ccccc1. The van der Waals surface area contributed by atoms with Crippen LogP contribution in [0.3, 0.4) is 0 Å². The molecule has 0 saturated heterocycles. The van der Waals surface area contributed by atoms with Crippen molar-refractivity contribution in [2.45, 2.75) is 91.8 Å². The lowest BCUT2D eigenvalue weighted by atomic mass is 9.85. The van der Waals surface area contributed by atoms with E-state index in [1.165, 1.54) is 22.3 Å². The molecular weight excluding hydrogens is 576 g/mol. The zero-order valence-electron chi connectivity index (χ0n) is 28.8. The molecule has 248 valence electrons. The predicted octanol–water partition coefficient (Wildman–Crippen LogP) is 7.37. The molecule has 0 fully saturated rings. The van der Waals surface area contributed by atoms with Gasteiger partial charge in [-0.3, -0.25) is 14.4 Å². The Morgan fingerprint density at radius 1 is 0.804 bits per heavy atom. The lowest BCUT2D eigenvalue weighted by molar-refractivity contribution is -0.157. The Hall–Kier alpha value is -3.97. The van der Waals surface area contributed by atoms with Crippen LogP contribution in [0.25, 0.3) is 11.1 Å². The van der Waals surface area contributed by atoms with Gasteiger partial charge >= 0.3 is 5.97 Å². The molecule has 3 atom stereocenters. The van der Waals surface area contributed by atoms with Gasteiger partial charge in [-0.15, -0.1) is 0 Å². The highest BCUT2D eigenvalue weighted by Crippen LogP contribution is 2.27. The summed E-state index contributed by atoms with van der Waals surface area (Å²) in [7, 11) is 1.59. The zero-order chi connectivity index (χ0) is 33.9. The highest BCUT2D eigenvalue weighted by molar-refractivity contribution is 5.90. The van der Waals surface area contributed by atoms with Crippen molar-refractivity contribution in [3.63, 3.8) is 0 Å². The van der Waals surface area contributed by atoms with E-state index in [9.17, 15) is 14.4 Å². The summed E-state index contributed by atoms with van der Waals surface area (Å²) in [5.41, 5.74) is 4.37. The van der Waals surface area contributed by atoms with E-state index in [1.807, 2.05) is 90.1 Å². The van der Waals surface area contributed by atoms with Crippen molar-refractivity contribution in [2.24, 2.45) is 11.3 Å². The second-order valence-corrected chi connectivity index (χ2v) is 14.1. The maximum Gasteiger partial charge on any atom is 0.307 e. The average molecular weight is 629 g/mol. The number of rotatable bonds is 14. The van der Waals surface area contributed by atoms with Crippen molar-refractivity contribution < 1.29 is 23.9 Å². The summed E-state index contributed by atoms with van der Waals surface area (Å²) in [5.74, 6) is -1.73. The summed E-state index contributed by atoms with van der Waals surface area (Å²) in [6.07, 6.45) is 1.86. The summed E-state index contributed by atoms with van der Waals surface area (Å²) in [6, 6.07) is 25.1. The summed E-state index contributed by atoms with van der Waals surface area (Å²) < 4.78 is 11.0. The Bertz CT molecular complexity index is 1420. The first kappa shape index (κ1) is 36.5. The van der Waals surface area contributed by atoms with Crippen LogP contribution >= 0.6 is 0 Å². The molecule has 3 aromatic carbocycles. The third-order valence-electron chi connectivity index (χ3n) is 7.86. The molecule has 0 heterocycles. The topological polar surface area (TPSA) is 93.7 Å². The Kier molecular flexibility index (Phi) is 13.1. The van der Waals surface area contributed by atoms with E-state index < -0.39 is 28.9 Å². The second kappa shape index (κ2) is 16.5. The fraction of sp³-hybridized carbons (Fsp3) is 0.462. The monoisotopic (exact) mass is 628 g/mol. The fourth-order valence-electron chi connectivity index (χ4n) is 5.55. The molecule has 0 aromatic heterocycles. The standard InChI is InChI=1S/C39H52N2O5/c1-27-24-28(22-23-32(27)29-17-11-9-12-18-29)16-15-21-31(25-34(42)46-39(5,6)7)36(43)41-35(38(2,3)4)37(44)40-33(26-45-8)30-19-13-10-14-20-30/h9-14,17-20,22-24,31,33,35H,15-16,21,25-26H2,1-8H3,(H,40,44)(H,41,43)/t31-,33?,35-/m1/s1. The van der Waals surface area contributed by atoms with E-state index in [4.69, 9.17) is 9.47 Å². The Morgan fingerprint density at radius 3 is 2.00 bits per heavy atom. The fourth-order valence-corrected chi connectivity index (χ4v) is 5.55. The number of nitrogens with one attached hydrogen (secondary N) is 2. The molecule has 1 unspecified atom stereocenters. The lowest BCUT2D eigenvalue weighted by Gasteiger charge is -2.33. The zero-order valence-corrected chi connectivity index (χ0v) is 28.8. The molecule has 3 aromatic rings. The number of carbonyl (C=O) groups is 3. The van der Waals surface area contributed by atoms with Crippen molar-refractivity contribution >= 4 is 17.8 Å². The van der Waals surface area contributed by atoms with Crippen molar-refractivity contribution in [3.05, 3.63) is 95.6 Å². The summed E-state index contributed by atoms with van der Waals surface area (Å²) in [5, 5.41) is 6.08. The van der Waals surface area contributed by atoms with Gasteiger partial charge in [0.25, 0.3) is 0 Å². The molecule has 7 heteroatoms. The molecule has 2 amide bonds. The Labute approximate surface area is 275 Å². The molecular formula is C39H52N2O5. The van der Waals surface area contributed by atoms with Crippen LogP contribution in [-0.4, -0.2) is 43.1 Å². The molecule has 7 nitrogen and oxygen atoms in total. The van der Waals surface area contributed by atoms with Crippen LogP contribution in [0.2, 0.25) is 0 Å².